The Bertz CT molecular complexity index is 770. The highest BCUT2D eigenvalue weighted by atomic mass is 16.5. The van der Waals surface area contributed by atoms with E-state index in [1.54, 1.807) is 38.1 Å². The summed E-state index contributed by atoms with van der Waals surface area (Å²) in [6.07, 6.45) is -0.674. The van der Waals surface area contributed by atoms with Crippen LogP contribution in [0.25, 0.3) is 0 Å². The van der Waals surface area contributed by atoms with Crippen molar-refractivity contribution in [1.82, 2.24) is 0 Å². The lowest BCUT2D eigenvalue weighted by atomic mass is 10.1. The summed E-state index contributed by atoms with van der Waals surface area (Å²) in [5.74, 6) is -0.0249. The molecular formula is C20H23NO4. The van der Waals surface area contributed by atoms with Gasteiger partial charge in [0.1, 0.15) is 5.75 Å². The van der Waals surface area contributed by atoms with Crippen LogP contribution in [0.3, 0.4) is 0 Å². The fraction of sp³-hybridized carbons (Fsp3) is 0.300. The predicted octanol–water partition coefficient (Wildman–Crippen LogP) is 3.89. The normalized spacial score (nSPS) is 11.5. The molecule has 5 heteroatoms. The van der Waals surface area contributed by atoms with Crippen LogP contribution < -0.4 is 10.1 Å². The molecule has 2 aromatic rings. The lowest BCUT2D eigenvalue weighted by molar-refractivity contribution is -0.122. The van der Waals surface area contributed by atoms with Crippen LogP contribution in [-0.2, 0) is 9.53 Å². The molecule has 0 saturated heterocycles. The van der Waals surface area contributed by atoms with Crippen LogP contribution in [0.4, 0.5) is 5.69 Å². The fourth-order valence-corrected chi connectivity index (χ4v) is 2.28. The second kappa shape index (κ2) is 8.33. The van der Waals surface area contributed by atoms with Gasteiger partial charge in [-0.3, -0.25) is 4.79 Å². The summed E-state index contributed by atoms with van der Waals surface area (Å²) in [7, 11) is 0. The number of carbonyl (C=O) groups is 2. The summed E-state index contributed by atoms with van der Waals surface area (Å²) >= 11 is 0. The largest absolute Gasteiger partial charge is 0.481 e. The average Bonchev–Trinajstić information content (AvgIpc) is 2.59. The number of aryl methyl sites for hydroxylation is 1. The minimum absolute atomic E-state index is 0.290. The van der Waals surface area contributed by atoms with Gasteiger partial charge < -0.3 is 14.8 Å². The third-order valence-electron chi connectivity index (χ3n) is 3.87. The molecule has 0 heterocycles. The van der Waals surface area contributed by atoms with Gasteiger partial charge in [0.2, 0.25) is 0 Å². The van der Waals surface area contributed by atoms with Crippen LogP contribution in [0.1, 0.15) is 35.3 Å². The van der Waals surface area contributed by atoms with Gasteiger partial charge >= 0.3 is 5.97 Å². The molecule has 0 saturated carbocycles. The van der Waals surface area contributed by atoms with E-state index in [-0.39, 0.29) is 5.91 Å². The van der Waals surface area contributed by atoms with Gasteiger partial charge in [-0.15, -0.1) is 0 Å². The van der Waals surface area contributed by atoms with E-state index >= 15 is 0 Å². The number of benzene rings is 2. The zero-order valence-electron chi connectivity index (χ0n) is 15.0. The van der Waals surface area contributed by atoms with Crippen LogP contribution in [-0.4, -0.2) is 24.6 Å². The Kier molecular flexibility index (Phi) is 6.17. The van der Waals surface area contributed by atoms with Crippen LogP contribution in [0.2, 0.25) is 0 Å². The van der Waals surface area contributed by atoms with Gasteiger partial charge in [-0.25, -0.2) is 4.79 Å². The molecule has 1 unspecified atom stereocenters. The number of hydrogen-bond donors (Lipinski definition) is 1. The number of nitrogens with one attached hydrogen (secondary N) is 1. The van der Waals surface area contributed by atoms with E-state index in [2.05, 4.69) is 5.32 Å². The molecule has 0 aliphatic heterocycles. The number of carbonyl (C=O) groups excluding carboxylic acids is 2. The fourth-order valence-electron chi connectivity index (χ4n) is 2.28. The molecule has 1 N–H and O–H groups in total. The predicted molar refractivity (Wildman–Crippen MR) is 97.0 cm³/mol. The Hall–Kier alpha value is -2.82. The van der Waals surface area contributed by atoms with Crippen molar-refractivity contribution in [1.29, 1.82) is 0 Å². The first-order valence-corrected chi connectivity index (χ1v) is 8.23. The molecule has 0 aliphatic rings. The van der Waals surface area contributed by atoms with Crippen LogP contribution in [0.15, 0.2) is 42.5 Å². The van der Waals surface area contributed by atoms with Gasteiger partial charge in [-0.2, -0.15) is 0 Å². The zero-order chi connectivity index (χ0) is 18.4. The highest BCUT2D eigenvalue weighted by Gasteiger charge is 2.17. The SMILES string of the molecule is CCOC(=O)c1cccc(NC(=O)C(C)Oc2cccc(C)c2C)c1. The van der Waals surface area contributed by atoms with Gasteiger partial charge in [0.05, 0.1) is 12.2 Å². The Morgan fingerprint density at radius 3 is 2.56 bits per heavy atom. The van der Waals surface area contributed by atoms with Crippen LogP contribution in [0, 0.1) is 13.8 Å². The minimum Gasteiger partial charge on any atom is -0.481 e. The highest BCUT2D eigenvalue weighted by Crippen LogP contribution is 2.22. The standard InChI is InChI=1S/C20H23NO4/c1-5-24-20(23)16-9-7-10-17(12-16)21-19(22)15(4)25-18-11-6-8-13(2)14(18)3/h6-12,15H,5H2,1-4H3,(H,21,22). The van der Waals surface area contributed by atoms with Crippen molar-refractivity contribution >= 4 is 17.6 Å². The van der Waals surface area contributed by atoms with E-state index in [4.69, 9.17) is 9.47 Å². The minimum atomic E-state index is -0.674. The maximum Gasteiger partial charge on any atom is 0.338 e. The average molecular weight is 341 g/mol. The van der Waals surface area contributed by atoms with Gasteiger partial charge in [-0.05, 0) is 63.1 Å². The van der Waals surface area contributed by atoms with Crippen molar-refractivity contribution in [3.8, 4) is 5.75 Å². The molecule has 2 aromatic carbocycles. The number of ether oxygens (including phenoxy) is 2. The Morgan fingerprint density at radius 2 is 1.84 bits per heavy atom. The lowest BCUT2D eigenvalue weighted by Crippen LogP contribution is -2.30. The number of esters is 1. The third-order valence-corrected chi connectivity index (χ3v) is 3.87. The second-order valence-electron chi connectivity index (χ2n) is 5.75. The van der Waals surface area contributed by atoms with Crippen molar-refractivity contribution in [3.05, 3.63) is 59.2 Å². The molecule has 0 spiro atoms. The van der Waals surface area contributed by atoms with Gasteiger partial charge in [0.15, 0.2) is 6.10 Å². The lowest BCUT2D eigenvalue weighted by Gasteiger charge is -2.17. The highest BCUT2D eigenvalue weighted by molar-refractivity contribution is 5.96. The van der Waals surface area contributed by atoms with Crippen molar-refractivity contribution in [2.24, 2.45) is 0 Å². The van der Waals surface area contributed by atoms with Crippen LogP contribution in [0.5, 0.6) is 5.75 Å². The molecule has 1 atom stereocenters. The topological polar surface area (TPSA) is 64.6 Å². The number of amides is 1. The monoisotopic (exact) mass is 341 g/mol. The van der Waals surface area contributed by atoms with Gasteiger partial charge in [-0.1, -0.05) is 18.2 Å². The molecule has 0 aliphatic carbocycles. The summed E-state index contributed by atoms with van der Waals surface area (Å²) < 4.78 is 10.7. The molecule has 5 nitrogen and oxygen atoms in total. The molecule has 132 valence electrons. The number of hydrogen-bond acceptors (Lipinski definition) is 4. The summed E-state index contributed by atoms with van der Waals surface area (Å²) in [5.41, 5.74) is 3.02. The van der Waals surface area contributed by atoms with Crippen LogP contribution >= 0.6 is 0 Å². The quantitative estimate of drug-likeness (QED) is 0.810. The second-order valence-corrected chi connectivity index (χ2v) is 5.75. The zero-order valence-corrected chi connectivity index (χ0v) is 15.0. The molecule has 0 bridgehead atoms. The third kappa shape index (κ3) is 4.83. The molecule has 1 amide bonds. The summed E-state index contributed by atoms with van der Waals surface area (Å²) in [5, 5.41) is 2.76. The summed E-state index contributed by atoms with van der Waals surface area (Å²) in [4.78, 5) is 24.1. The maximum atomic E-state index is 12.4. The molecule has 0 fully saturated rings. The number of anilines is 1. The summed E-state index contributed by atoms with van der Waals surface area (Å²) in [6, 6.07) is 12.4. The molecule has 0 aromatic heterocycles. The van der Waals surface area contributed by atoms with E-state index in [1.165, 1.54) is 0 Å². The molecule has 25 heavy (non-hydrogen) atoms. The van der Waals surface area contributed by atoms with E-state index in [0.29, 0.717) is 23.6 Å². The first-order chi connectivity index (χ1) is 11.9. The van der Waals surface area contributed by atoms with E-state index in [1.807, 2.05) is 32.0 Å². The summed E-state index contributed by atoms with van der Waals surface area (Å²) in [6.45, 7) is 7.68. The first-order valence-electron chi connectivity index (χ1n) is 8.23. The maximum absolute atomic E-state index is 12.4. The Balaban J connectivity index is 2.05. The number of rotatable bonds is 6. The Labute approximate surface area is 148 Å². The van der Waals surface area contributed by atoms with Gasteiger partial charge in [0, 0.05) is 5.69 Å². The van der Waals surface area contributed by atoms with E-state index in [0.717, 1.165) is 11.1 Å². The van der Waals surface area contributed by atoms with Crippen molar-refractivity contribution in [2.75, 3.05) is 11.9 Å². The van der Waals surface area contributed by atoms with Crippen molar-refractivity contribution in [2.45, 2.75) is 33.8 Å². The van der Waals surface area contributed by atoms with Crippen molar-refractivity contribution < 1.29 is 19.1 Å². The van der Waals surface area contributed by atoms with E-state index < -0.39 is 12.1 Å². The molecule has 2 rings (SSSR count). The van der Waals surface area contributed by atoms with Gasteiger partial charge in [0.25, 0.3) is 5.91 Å². The van der Waals surface area contributed by atoms with E-state index in [9.17, 15) is 9.59 Å². The smallest absolute Gasteiger partial charge is 0.338 e. The van der Waals surface area contributed by atoms with Crippen molar-refractivity contribution in [3.63, 3.8) is 0 Å². The molecular weight excluding hydrogens is 318 g/mol. The first kappa shape index (κ1) is 18.5. The molecule has 0 radical (unpaired) electrons. The Morgan fingerprint density at radius 1 is 1.12 bits per heavy atom.